The van der Waals surface area contributed by atoms with Crippen molar-refractivity contribution in [2.24, 2.45) is 7.05 Å². The van der Waals surface area contributed by atoms with Crippen molar-refractivity contribution in [2.75, 3.05) is 26.3 Å². The maximum absolute atomic E-state index is 12.1. The Morgan fingerprint density at radius 1 is 1.21 bits per heavy atom. The molecule has 2 aliphatic heterocycles. The smallest absolute Gasteiger partial charge is 0.410 e. The molecule has 0 bridgehead atoms. The van der Waals surface area contributed by atoms with E-state index in [0.717, 1.165) is 25.0 Å². The van der Waals surface area contributed by atoms with Crippen LogP contribution in [0.3, 0.4) is 0 Å². The van der Waals surface area contributed by atoms with E-state index >= 15 is 0 Å². The van der Waals surface area contributed by atoms with E-state index in [1.165, 1.54) is 6.07 Å². The summed E-state index contributed by atoms with van der Waals surface area (Å²) in [5, 5.41) is 0. The maximum Gasteiger partial charge on any atom is 0.410 e. The Bertz CT molecular complexity index is 643. The summed E-state index contributed by atoms with van der Waals surface area (Å²) in [6, 6.07) is 3.37. The first kappa shape index (κ1) is 16.8. The van der Waals surface area contributed by atoms with E-state index in [1.54, 1.807) is 16.5 Å². The average Bonchev–Trinajstić information content (AvgIpc) is 3.06. The predicted octanol–water partition coefficient (Wildman–Crippen LogP) is 1.46. The van der Waals surface area contributed by atoms with Crippen LogP contribution in [-0.2, 0) is 16.5 Å². The second-order valence-corrected chi connectivity index (χ2v) is 6.40. The molecule has 0 spiro atoms. The summed E-state index contributed by atoms with van der Waals surface area (Å²) in [6.45, 7) is 4.22. The highest BCUT2D eigenvalue weighted by atomic mass is 16.6. The van der Waals surface area contributed by atoms with Gasteiger partial charge in [0.25, 0.3) is 5.56 Å². The molecule has 24 heavy (non-hydrogen) atoms. The van der Waals surface area contributed by atoms with Gasteiger partial charge in [-0.15, -0.1) is 0 Å². The summed E-state index contributed by atoms with van der Waals surface area (Å²) >= 11 is 0. The van der Waals surface area contributed by atoms with Crippen LogP contribution in [0.2, 0.25) is 0 Å². The third-order valence-electron chi connectivity index (χ3n) is 4.63. The van der Waals surface area contributed by atoms with Crippen LogP contribution in [0.4, 0.5) is 4.79 Å². The molecule has 0 N–H and O–H groups in total. The fourth-order valence-electron chi connectivity index (χ4n) is 2.98. The van der Waals surface area contributed by atoms with Gasteiger partial charge in [0.15, 0.2) is 0 Å². The number of aryl methyl sites for hydroxylation is 1. The van der Waals surface area contributed by atoms with Crippen LogP contribution in [0.1, 0.15) is 25.0 Å². The van der Waals surface area contributed by atoms with Crippen LogP contribution >= 0.6 is 0 Å². The molecule has 7 nitrogen and oxygen atoms in total. The van der Waals surface area contributed by atoms with Gasteiger partial charge in [0.05, 0.1) is 13.2 Å². The van der Waals surface area contributed by atoms with Crippen molar-refractivity contribution in [3.8, 4) is 5.75 Å². The monoisotopic (exact) mass is 336 g/mol. The van der Waals surface area contributed by atoms with E-state index in [1.807, 2.05) is 13.0 Å². The fourth-order valence-corrected chi connectivity index (χ4v) is 2.98. The zero-order valence-electron chi connectivity index (χ0n) is 14.2. The molecule has 1 aromatic heterocycles. The first-order valence-corrected chi connectivity index (χ1v) is 8.40. The summed E-state index contributed by atoms with van der Waals surface area (Å²) in [6.07, 6.45) is 1.85. The summed E-state index contributed by atoms with van der Waals surface area (Å²) in [7, 11) is 1.74. The minimum atomic E-state index is -0.270. The van der Waals surface area contributed by atoms with Gasteiger partial charge in [0, 0.05) is 51.2 Å². The number of likely N-dealkylation sites (tertiary alicyclic amines) is 1. The Kier molecular flexibility index (Phi) is 5.08. The molecule has 0 saturated carbocycles. The molecule has 132 valence electrons. The van der Waals surface area contributed by atoms with Crippen LogP contribution in [0.15, 0.2) is 16.9 Å². The SMILES string of the molecule is Cc1cc(OC2CCN(C(=O)OC3CCOC3)CC2)cc(=O)n1C. The number of carbonyl (C=O) groups excluding carboxylic acids is 1. The number of hydrogen-bond donors (Lipinski definition) is 0. The molecule has 1 aromatic rings. The lowest BCUT2D eigenvalue weighted by atomic mass is 10.1. The van der Waals surface area contributed by atoms with Crippen molar-refractivity contribution in [2.45, 2.75) is 38.4 Å². The average molecular weight is 336 g/mol. The third-order valence-corrected chi connectivity index (χ3v) is 4.63. The molecule has 0 aromatic carbocycles. The van der Waals surface area contributed by atoms with E-state index in [-0.39, 0.29) is 23.9 Å². The zero-order valence-corrected chi connectivity index (χ0v) is 14.2. The normalized spacial score (nSPS) is 21.8. The molecule has 2 saturated heterocycles. The van der Waals surface area contributed by atoms with E-state index in [4.69, 9.17) is 14.2 Å². The number of nitrogens with zero attached hydrogens (tertiary/aromatic N) is 2. The Balaban J connectivity index is 1.50. The second-order valence-electron chi connectivity index (χ2n) is 6.40. The molecule has 2 aliphatic rings. The first-order chi connectivity index (χ1) is 11.5. The van der Waals surface area contributed by atoms with Crippen molar-refractivity contribution in [3.05, 3.63) is 28.2 Å². The molecule has 1 atom stereocenters. The van der Waals surface area contributed by atoms with Gasteiger partial charge in [-0.3, -0.25) is 4.79 Å². The highest BCUT2D eigenvalue weighted by Crippen LogP contribution is 2.20. The van der Waals surface area contributed by atoms with Gasteiger partial charge < -0.3 is 23.7 Å². The van der Waals surface area contributed by atoms with Crippen LogP contribution in [0.5, 0.6) is 5.75 Å². The quantitative estimate of drug-likeness (QED) is 0.836. The lowest BCUT2D eigenvalue weighted by Crippen LogP contribution is -2.43. The van der Waals surface area contributed by atoms with Gasteiger partial charge in [0.1, 0.15) is 18.0 Å². The summed E-state index contributed by atoms with van der Waals surface area (Å²) in [5.41, 5.74) is 0.780. The Morgan fingerprint density at radius 3 is 2.58 bits per heavy atom. The molecule has 0 radical (unpaired) electrons. The van der Waals surface area contributed by atoms with Gasteiger partial charge in [-0.1, -0.05) is 0 Å². The minimum Gasteiger partial charge on any atom is -0.490 e. The minimum absolute atomic E-state index is 0.00960. The number of piperidine rings is 1. The highest BCUT2D eigenvalue weighted by Gasteiger charge is 2.28. The van der Waals surface area contributed by atoms with Crippen molar-refractivity contribution < 1.29 is 19.0 Å². The predicted molar refractivity (Wildman–Crippen MR) is 87.3 cm³/mol. The molecular formula is C17H24N2O5. The van der Waals surface area contributed by atoms with E-state index < -0.39 is 0 Å². The summed E-state index contributed by atoms with van der Waals surface area (Å²) in [4.78, 5) is 25.6. The van der Waals surface area contributed by atoms with Crippen molar-refractivity contribution in [1.29, 1.82) is 0 Å². The van der Waals surface area contributed by atoms with Crippen LogP contribution in [0.25, 0.3) is 0 Å². The molecular weight excluding hydrogens is 312 g/mol. The number of carbonyl (C=O) groups is 1. The standard InChI is InChI=1S/C17H24N2O5/c1-12-9-15(10-16(20)18(12)2)23-13-3-6-19(7-4-13)17(21)24-14-5-8-22-11-14/h9-10,13-14H,3-8,11H2,1-2H3. The topological polar surface area (TPSA) is 70.0 Å². The van der Waals surface area contributed by atoms with Crippen LogP contribution in [-0.4, -0.2) is 54.1 Å². The van der Waals surface area contributed by atoms with Gasteiger partial charge >= 0.3 is 6.09 Å². The number of aromatic nitrogens is 1. The van der Waals surface area contributed by atoms with Gasteiger partial charge in [-0.05, 0) is 13.0 Å². The van der Waals surface area contributed by atoms with Crippen LogP contribution in [0, 0.1) is 6.92 Å². The molecule has 1 amide bonds. The largest absolute Gasteiger partial charge is 0.490 e. The second kappa shape index (κ2) is 7.25. The lowest BCUT2D eigenvalue weighted by molar-refractivity contribution is 0.0372. The summed E-state index contributed by atoms with van der Waals surface area (Å²) in [5.74, 6) is 0.597. The number of rotatable bonds is 3. The summed E-state index contributed by atoms with van der Waals surface area (Å²) < 4.78 is 18.1. The Morgan fingerprint density at radius 2 is 1.96 bits per heavy atom. The Hall–Kier alpha value is -2.02. The molecule has 1 unspecified atom stereocenters. The molecule has 7 heteroatoms. The molecule has 2 fully saturated rings. The van der Waals surface area contributed by atoms with Gasteiger partial charge in [-0.25, -0.2) is 4.79 Å². The van der Waals surface area contributed by atoms with Crippen molar-refractivity contribution in [3.63, 3.8) is 0 Å². The zero-order chi connectivity index (χ0) is 17.1. The van der Waals surface area contributed by atoms with Crippen molar-refractivity contribution >= 4 is 6.09 Å². The highest BCUT2D eigenvalue weighted by molar-refractivity contribution is 5.68. The number of amides is 1. The number of ether oxygens (including phenoxy) is 3. The van der Waals surface area contributed by atoms with E-state index in [9.17, 15) is 9.59 Å². The lowest BCUT2D eigenvalue weighted by Gasteiger charge is -2.32. The third kappa shape index (κ3) is 3.90. The number of pyridine rings is 1. The molecule has 3 rings (SSSR count). The number of hydrogen-bond acceptors (Lipinski definition) is 5. The van der Waals surface area contributed by atoms with E-state index in [0.29, 0.717) is 32.1 Å². The molecule has 3 heterocycles. The maximum atomic E-state index is 12.1. The van der Waals surface area contributed by atoms with Crippen molar-refractivity contribution in [1.82, 2.24) is 9.47 Å². The first-order valence-electron chi connectivity index (χ1n) is 8.40. The van der Waals surface area contributed by atoms with E-state index in [2.05, 4.69) is 0 Å². The van der Waals surface area contributed by atoms with Gasteiger partial charge in [0.2, 0.25) is 0 Å². The fraction of sp³-hybridized carbons (Fsp3) is 0.647. The van der Waals surface area contributed by atoms with Gasteiger partial charge in [-0.2, -0.15) is 0 Å². The molecule has 0 aliphatic carbocycles. The van der Waals surface area contributed by atoms with Crippen LogP contribution < -0.4 is 10.3 Å². The Labute approximate surface area is 141 Å².